The number of piperidine rings is 1. The van der Waals surface area contributed by atoms with Gasteiger partial charge in [-0.2, -0.15) is 0 Å². The van der Waals surface area contributed by atoms with Gasteiger partial charge >= 0.3 is 0 Å². The molecule has 0 bridgehead atoms. The number of carbonyl (C=O) groups excluding carboxylic acids is 1. The summed E-state index contributed by atoms with van der Waals surface area (Å²) in [6, 6.07) is 11.0. The van der Waals surface area contributed by atoms with Gasteiger partial charge in [-0.3, -0.25) is 9.69 Å². The number of rotatable bonds is 4. The van der Waals surface area contributed by atoms with E-state index in [1.807, 2.05) is 11.9 Å². The third kappa shape index (κ3) is 4.42. The molecular weight excluding hydrogens is 312 g/mol. The van der Waals surface area contributed by atoms with Crippen LogP contribution in [0.25, 0.3) is 0 Å². The first-order valence-corrected chi connectivity index (χ1v) is 9.67. The molecule has 2 fully saturated rings. The molecule has 1 amide bonds. The number of carbonyl (C=O) groups is 1. The summed E-state index contributed by atoms with van der Waals surface area (Å²) in [7, 11) is 2.00. The summed E-state index contributed by atoms with van der Waals surface area (Å²) in [5.41, 5.74) is 1.36. The average Bonchev–Trinajstić information content (AvgIpc) is 2.62. The third-order valence-electron chi connectivity index (χ3n) is 5.81. The molecule has 3 atom stereocenters. The molecule has 3 unspecified atom stereocenters. The standard InChI is InChI=1S/C21H32N2O2/c1-16-12-23(14-18-8-5-4-6-9-18)13-17(2)20(16)22(3)21(24)19-10-7-11-25-15-19/h4-6,8-9,16-17,19-20H,7,10-15H2,1-3H3. The molecule has 0 aromatic heterocycles. The second-order valence-corrected chi connectivity index (χ2v) is 7.99. The summed E-state index contributed by atoms with van der Waals surface area (Å²) in [6.07, 6.45) is 1.98. The van der Waals surface area contributed by atoms with E-state index in [9.17, 15) is 4.79 Å². The SMILES string of the molecule is CC1CN(Cc2ccccc2)CC(C)C1N(C)C(=O)C1CCCOC1. The van der Waals surface area contributed by atoms with Gasteiger partial charge in [0.05, 0.1) is 12.5 Å². The lowest BCUT2D eigenvalue weighted by Gasteiger charge is -2.46. The topological polar surface area (TPSA) is 32.8 Å². The van der Waals surface area contributed by atoms with Crippen LogP contribution in [0, 0.1) is 17.8 Å². The quantitative estimate of drug-likeness (QED) is 0.842. The monoisotopic (exact) mass is 344 g/mol. The van der Waals surface area contributed by atoms with Crippen LogP contribution in [-0.4, -0.2) is 55.1 Å². The zero-order valence-electron chi connectivity index (χ0n) is 15.9. The fourth-order valence-electron chi connectivity index (χ4n) is 4.77. The number of hydrogen-bond donors (Lipinski definition) is 0. The van der Waals surface area contributed by atoms with E-state index >= 15 is 0 Å². The van der Waals surface area contributed by atoms with Crippen molar-refractivity contribution in [3.8, 4) is 0 Å². The predicted molar refractivity (Wildman–Crippen MR) is 100 cm³/mol. The van der Waals surface area contributed by atoms with Gasteiger partial charge in [0.1, 0.15) is 0 Å². The van der Waals surface area contributed by atoms with Crippen molar-refractivity contribution in [2.24, 2.45) is 17.8 Å². The maximum atomic E-state index is 12.9. The molecule has 4 heteroatoms. The molecule has 0 aliphatic carbocycles. The van der Waals surface area contributed by atoms with Crippen LogP contribution in [0.2, 0.25) is 0 Å². The molecular formula is C21H32N2O2. The first-order chi connectivity index (χ1) is 12.1. The Balaban J connectivity index is 1.60. The lowest BCUT2D eigenvalue weighted by atomic mass is 9.83. The summed E-state index contributed by atoms with van der Waals surface area (Å²) < 4.78 is 5.52. The first-order valence-electron chi connectivity index (χ1n) is 9.67. The third-order valence-corrected chi connectivity index (χ3v) is 5.81. The first kappa shape index (κ1) is 18.4. The van der Waals surface area contributed by atoms with Gasteiger partial charge in [0.2, 0.25) is 5.91 Å². The van der Waals surface area contributed by atoms with Crippen molar-refractivity contribution in [2.75, 3.05) is 33.4 Å². The Morgan fingerprint density at radius 1 is 1.20 bits per heavy atom. The van der Waals surface area contributed by atoms with Crippen LogP contribution in [0.15, 0.2) is 30.3 Å². The van der Waals surface area contributed by atoms with Gasteiger partial charge in [-0.1, -0.05) is 44.2 Å². The lowest BCUT2D eigenvalue weighted by Crippen LogP contribution is -2.56. The molecule has 0 radical (unpaired) electrons. The molecule has 1 aromatic rings. The van der Waals surface area contributed by atoms with E-state index in [4.69, 9.17) is 4.74 Å². The molecule has 3 rings (SSSR count). The van der Waals surface area contributed by atoms with Gasteiger partial charge in [0.15, 0.2) is 0 Å². The summed E-state index contributed by atoms with van der Waals surface area (Å²) in [5.74, 6) is 1.29. The fourth-order valence-corrected chi connectivity index (χ4v) is 4.77. The normalized spacial score (nSPS) is 30.8. The van der Waals surface area contributed by atoms with Crippen molar-refractivity contribution in [3.63, 3.8) is 0 Å². The van der Waals surface area contributed by atoms with E-state index < -0.39 is 0 Å². The molecule has 2 heterocycles. The van der Waals surface area contributed by atoms with E-state index in [0.717, 1.165) is 39.1 Å². The molecule has 25 heavy (non-hydrogen) atoms. The highest BCUT2D eigenvalue weighted by atomic mass is 16.5. The Morgan fingerprint density at radius 2 is 1.88 bits per heavy atom. The Bertz CT molecular complexity index is 544. The highest BCUT2D eigenvalue weighted by Gasteiger charge is 2.38. The fraction of sp³-hybridized carbons (Fsp3) is 0.667. The molecule has 0 spiro atoms. The Hall–Kier alpha value is -1.39. The van der Waals surface area contributed by atoms with Crippen molar-refractivity contribution in [2.45, 2.75) is 39.3 Å². The number of amides is 1. The van der Waals surface area contributed by atoms with Gasteiger partial charge in [0, 0.05) is 39.3 Å². The van der Waals surface area contributed by atoms with Crippen molar-refractivity contribution < 1.29 is 9.53 Å². The van der Waals surface area contributed by atoms with Crippen LogP contribution in [0.5, 0.6) is 0 Å². The molecule has 138 valence electrons. The van der Waals surface area contributed by atoms with Gasteiger partial charge in [-0.05, 0) is 30.2 Å². The van der Waals surface area contributed by atoms with Gasteiger partial charge < -0.3 is 9.64 Å². The predicted octanol–water partition coefficient (Wildman–Crippen LogP) is 3.03. The minimum Gasteiger partial charge on any atom is -0.381 e. The smallest absolute Gasteiger partial charge is 0.228 e. The number of benzene rings is 1. The second-order valence-electron chi connectivity index (χ2n) is 7.99. The van der Waals surface area contributed by atoms with Gasteiger partial charge in [0.25, 0.3) is 0 Å². The van der Waals surface area contributed by atoms with Crippen molar-refractivity contribution in [3.05, 3.63) is 35.9 Å². The Morgan fingerprint density at radius 3 is 2.48 bits per heavy atom. The van der Waals surface area contributed by atoms with E-state index in [1.165, 1.54) is 5.56 Å². The number of ether oxygens (including phenoxy) is 1. The minimum absolute atomic E-state index is 0.0560. The van der Waals surface area contributed by atoms with Crippen LogP contribution in [-0.2, 0) is 16.1 Å². The van der Waals surface area contributed by atoms with Crippen molar-refractivity contribution in [1.82, 2.24) is 9.80 Å². The minimum atomic E-state index is 0.0560. The van der Waals surface area contributed by atoms with Crippen LogP contribution >= 0.6 is 0 Å². The van der Waals surface area contributed by atoms with Crippen molar-refractivity contribution >= 4 is 5.91 Å². The number of nitrogens with zero attached hydrogens (tertiary/aromatic N) is 2. The van der Waals surface area contributed by atoms with Gasteiger partial charge in [-0.25, -0.2) is 0 Å². The highest BCUT2D eigenvalue weighted by Crippen LogP contribution is 2.29. The zero-order valence-corrected chi connectivity index (χ0v) is 15.9. The molecule has 2 saturated heterocycles. The molecule has 2 aliphatic rings. The van der Waals surface area contributed by atoms with Crippen LogP contribution in [0.3, 0.4) is 0 Å². The van der Waals surface area contributed by atoms with Crippen LogP contribution < -0.4 is 0 Å². The molecule has 0 N–H and O–H groups in total. The van der Waals surface area contributed by atoms with Crippen molar-refractivity contribution in [1.29, 1.82) is 0 Å². The largest absolute Gasteiger partial charge is 0.381 e. The number of likely N-dealkylation sites (tertiary alicyclic amines) is 1. The zero-order chi connectivity index (χ0) is 17.8. The average molecular weight is 344 g/mol. The highest BCUT2D eigenvalue weighted by molar-refractivity contribution is 5.79. The van der Waals surface area contributed by atoms with Gasteiger partial charge in [-0.15, -0.1) is 0 Å². The molecule has 4 nitrogen and oxygen atoms in total. The second kappa shape index (κ2) is 8.33. The summed E-state index contributed by atoms with van der Waals surface area (Å²) in [6.45, 7) is 9.07. The molecule has 1 aromatic carbocycles. The summed E-state index contributed by atoms with van der Waals surface area (Å²) >= 11 is 0. The maximum absolute atomic E-state index is 12.9. The van der Waals surface area contributed by atoms with E-state index in [1.54, 1.807) is 0 Å². The Kier molecular flexibility index (Phi) is 6.13. The molecule has 0 saturated carbocycles. The maximum Gasteiger partial charge on any atom is 0.228 e. The van der Waals surface area contributed by atoms with Crippen LogP contribution in [0.1, 0.15) is 32.3 Å². The van der Waals surface area contributed by atoms with E-state index in [0.29, 0.717) is 24.5 Å². The Labute approximate surface area is 152 Å². The van der Waals surface area contributed by atoms with Crippen LogP contribution in [0.4, 0.5) is 0 Å². The number of hydrogen-bond acceptors (Lipinski definition) is 3. The van der Waals surface area contributed by atoms with E-state index in [2.05, 4.69) is 49.1 Å². The summed E-state index contributed by atoms with van der Waals surface area (Å²) in [4.78, 5) is 17.5. The lowest BCUT2D eigenvalue weighted by molar-refractivity contribution is -0.144. The molecule has 2 aliphatic heterocycles. The summed E-state index contributed by atoms with van der Waals surface area (Å²) in [5, 5.41) is 0. The van der Waals surface area contributed by atoms with E-state index in [-0.39, 0.29) is 11.8 Å².